The lowest BCUT2D eigenvalue weighted by Gasteiger charge is -2.74. The molecule has 0 aliphatic carbocycles. The summed E-state index contributed by atoms with van der Waals surface area (Å²) in [5, 5.41) is 25.8. The van der Waals surface area contributed by atoms with Crippen LogP contribution in [0.25, 0.3) is 0 Å². The molecule has 4 bridgehead atoms. The molecule has 16 heavy (non-hydrogen) atoms. The molecule has 4 fully saturated rings. The minimum atomic E-state index is -0.233. The lowest BCUT2D eigenvalue weighted by Crippen LogP contribution is -3.38. The first-order chi connectivity index (χ1) is 7.14. The van der Waals surface area contributed by atoms with Crippen molar-refractivity contribution in [1.82, 2.24) is 0 Å². The van der Waals surface area contributed by atoms with E-state index >= 15 is 0 Å². The molecule has 0 aromatic heterocycles. The SMILES string of the molecule is CC12CC3(C)CC(C)(CC(C)(C1)[NH+]3[O-])[NH+]2[O-]. The number of rotatable bonds is 0. The normalized spacial score (nSPS) is 68.6. The van der Waals surface area contributed by atoms with Crippen LogP contribution in [0.2, 0.25) is 0 Å². The molecule has 4 heteroatoms. The molecule has 92 valence electrons. The van der Waals surface area contributed by atoms with Crippen molar-refractivity contribution in [2.75, 3.05) is 0 Å². The Hall–Kier alpha value is -0.160. The monoisotopic (exact) mass is 226 g/mol. The molecule has 4 rings (SSSR count). The van der Waals surface area contributed by atoms with Gasteiger partial charge in [-0.05, 0) is 27.7 Å². The number of nitrogens with one attached hydrogen (secondary N) is 2. The van der Waals surface area contributed by atoms with Gasteiger partial charge in [0, 0.05) is 0 Å². The first kappa shape index (κ1) is 11.0. The third-order valence-electron chi connectivity index (χ3n) is 5.31. The molecule has 0 amide bonds. The highest BCUT2D eigenvalue weighted by Gasteiger charge is 2.72. The summed E-state index contributed by atoms with van der Waals surface area (Å²) in [6.45, 7) is 8.31. The molecular weight excluding hydrogens is 204 g/mol. The van der Waals surface area contributed by atoms with Crippen LogP contribution in [0.3, 0.4) is 0 Å². The van der Waals surface area contributed by atoms with Gasteiger partial charge in [-0.3, -0.25) is 0 Å². The number of hydrogen-bond donors (Lipinski definition) is 2. The van der Waals surface area contributed by atoms with Crippen LogP contribution >= 0.6 is 0 Å². The summed E-state index contributed by atoms with van der Waals surface area (Å²) in [6, 6.07) is 0. The van der Waals surface area contributed by atoms with Gasteiger partial charge in [-0.15, -0.1) is 0 Å². The van der Waals surface area contributed by atoms with Crippen LogP contribution < -0.4 is 10.1 Å². The van der Waals surface area contributed by atoms with Crippen molar-refractivity contribution in [2.45, 2.75) is 75.5 Å². The third-order valence-corrected chi connectivity index (χ3v) is 5.31. The van der Waals surface area contributed by atoms with Crippen molar-refractivity contribution in [2.24, 2.45) is 0 Å². The molecule has 0 unspecified atom stereocenters. The van der Waals surface area contributed by atoms with Crippen LogP contribution in [0.5, 0.6) is 0 Å². The summed E-state index contributed by atoms with van der Waals surface area (Å²) >= 11 is 0. The van der Waals surface area contributed by atoms with Gasteiger partial charge in [0.15, 0.2) is 0 Å². The largest absolute Gasteiger partial charge is 0.634 e. The standard InChI is InChI=1S/C12H22N2O2/c1-9-5-10(2)7-12(4,13(9)15)8-11(3,6-9)14(10)16/h13-14H,5-8H2,1-4H3. The van der Waals surface area contributed by atoms with E-state index in [-0.39, 0.29) is 22.2 Å². The molecule has 2 N–H and O–H groups in total. The number of hydrogen-bond acceptors (Lipinski definition) is 2. The highest BCUT2D eigenvalue weighted by molar-refractivity contribution is 5.11. The predicted molar refractivity (Wildman–Crippen MR) is 60.7 cm³/mol. The fourth-order valence-electron chi connectivity index (χ4n) is 5.79. The number of piperidine rings is 4. The Morgan fingerprint density at radius 3 is 1.00 bits per heavy atom. The lowest BCUT2D eigenvalue weighted by molar-refractivity contribution is -1.06. The molecule has 0 aromatic carbocycles. The Morgan fingerprint density at radius 2 is 0.812 bits per heavy atom. The van der Waals surface area contributed by atoms with E-state index in [1.807, 2.05) is 0 Å². The van der Waals surface area contributed by atoms with E-state index in [0.717, 1.165) is 25.7 Å². The molecule has 4 aliphatic heterocycles. The summed E-state index contributed by atoms with van der Waals surface area (Å²) in [6.07, 6.45) is 3.12. The van der Waals surface area contributed by atoms with Gasteiger partial charge in [-0.2, -0.15) is 0 Å². The van der Waals surface area contributed by atoms with Crippen molar-refractivity contribution < 1.29 is 10.1 Å². The van der Waals surface area contributed by atoms with Gasteiger partial charge in [-0.1, -0.05) is 0 Å². The second-order valence-electron chi connectivity index (χ2n) is 7.61. The molecule has 0 aromatic rings. The maximum absolute atomic E-state index is 12.5. The summed E-state index contributed by atoms with van der Waals surface area (Å²) in [5.74, 6) is 0. The second kappa shape index (κ2) is 2.48. The molecule has 0 spiro atoms. The van der Waals surface area contributed by atoms with Gasteiger partial charge in [0.1, 0.15) is 22.2 Å². The fraction of sp³-hybridized carbons (Fsp3) is 1.00. The average molecular weight is 226 g/mol. The summed E-state index contributed by atoms with van der Waals surface area (Å²) < 4.78 is 0. The first-order valence-electron chi connectivity index (χ1n) is 6.24. The van der Waals surface area contributed by atoms with E-state index in [4.69, 9.17) is 0 Å². The Balaban J connectivity index is 2.15. The highest BCUT2D eigenvalue weighted by atomic mass is 16.5. The first-order valence-corrected chi connectivity index (χ1v) is 6.24. The van der Waals surface area contributed by atoms with E-state index in [1.165, 1.54) is 0 Å². The quantitative estimate of drug-likeness (QED) is 0.541. The summed E-state index contributed by atoms with van der Waals surface area (Å²) in [5.41, 5.74) is -0.934. The molecule has 4 nitrogen and oxygen atoms in total. The highest BCUT2D eigenvalue weighted by Crippen LogP contribution is 2.47. The molecular formula is C12H22N2O2. The van der Waals surface area contributed by atoms with Gasteiger partial charge >= 0.3 is 0 Å². The lowest BCUT2D eigenvalue weighted by atomic mass is 9.53. The van der Waals surface area contributed by atoms with E-state index in [9.17, 15) is 10.4 Å². The van der Waals surface area contributed by atoms with Crippen molar-refractivity contribution >= 4 is 0 Å². The van der Waals surface area contributed by atoms with Crippen molar-refractivity contribution in [3.05, 3.63) is 10.4 Å². The Kier molecular flexibility index (Phi) is 1.70. The van der Waals surface area contributed by atoms with E-state index < -0.39 is 0 Å². The second-order valence-corrected chi connectivity index (χ2v) is 7.61. The van der Waals surface area contributed by atoms with Crippen LogP contribution in [0.4, 0.5) is 0 Å². The maximum Gasteiger partial charge on any atom is 0.107 e. The van der Waals surface area contributed by atoms with Crippen molar-refractivity contribution in [3.8, 4) is 0 Å². The zero-order valence-electron chi connectivity index (χ0n) is 10.6. The van der Waals surface area contributed by atoms with Crippen LogP contribution in [-0.2, 0) is 0 Å². The van der Waals surface area contributed by atoms with Gasteiger partial charge < -0.3 is 20.5 Å². The summed E-state index contributed by atoms with van der Waals surface area (Å²) in [4.78, 5) is 0. The van der Waals surface area contributed by atoms with Gasteiger partial charge in [0.25, 0.3) is 0 Å². The van der Waals surface area contributed by atoms with Crippen LogP contribution in [0.15, 0.2) is 0 Å². The van der Waals surface area contributed by atoms with E-state index in [1.54, 1.807) is 0 Å². The zero-order valence-corrected chi connectivity index (χ0v) is 10.6. The van der Waals surface area contributed by atoms with E-state index in [2.05, 4.69) is 27.7 Å². The fourth-order valence-corrected chi connectivity index (χ4v) is 5.79. The third kappa shape index (κ3) is 0.997. The topological polar surface area (TPSA) is 55.0 Å². The molecule has 0 atom stereocenters. The van der Waals surface area contributed by atoms with E-state index in [0.29, 0.717) is 10.1 Å². The Bertz CT molecular complexity index is 281. The van der Waals surface area contributed by atoms with Crippen molar-refractivity contribution in [3.63, 3.8) is 0 Å². The molecule has 4 heterocycles. The molecule has 0 saturated carbocycles. The Labute approximate surface area is 96.8 Å². The Morgan fingerprint density at radius 1 is 0.625 bits per heavy atom. The van der Waals surface area contributed by atoms with Crippen molar-refractivity contribution in [1.29, 1.82) is 0 Å². The zero-order chi connectivity index (χ0) is 12.0. The number of quaternary nitrogens is 2. The van der Waals surface area contributed by atoms with Crippen LogP contribution in [0.1, 0.15) is 53.4 Å². The predicted octanol–water partition coefficient (Wildman–Crippen LogP) is -0.612. The van der Waals surface area contributed by atoms with Gasteiger partial charge in [-0.25, -0.2) is 0 Å². The van der Waals surface area contributed by atoms with Crippen LogP contribution in [-0.4, -0.2) is 22.2 Å². The minimum Gasteiger partial charge on any atom is -0.634 e. The number of hydroxylamine groups is 4. The average Bonchev–Trinajstić information content (AvgIpc) is 2.08. The molecule has 0 radical (unpaired) electrons. The van der Waals surface area contributed by atoms with Gasteiger partial charge in [0.2, 0.25) is 0 Å². The smallest absolute Gasteiger partial charge is 0.107 e. The maximum atomic E-state index is 12.5. The summed E-state index contributed by atoms with van der Waals surface area (Å²) in [7, 11) is 0. The molecule has 4 saturated heterocycles. The molecule has 4 aliphatic rings. The van der Waals surface area contributed by atoms with Crippen LogP contribution in [0, 0.1) is 10.4 Å². The van der Waals surface area contributed by atoms with Gasteiger partial charge in [0.05, 0.1) is 25.7 Å². The minimum absolute atomic E-state index is 0.233.